The third kappa shape index (κ3) is 4.10. The zero-order valence-electron chi connectivity index (χ0n) is 17.7. The van der Waals surface area contributed by atoms with Gasteiger partial charge < -0.3 is 9.32 Å². The summed E-state index contributed by atoms with van der Waals surface area (Å²) in [6, 6.07) is 22.6. The van der Waals surface area contributed by atoms with E-state index >= 15 is 0 Å². The fraction of sp³-hybridized carbons (Fsp3) is 0.185. The molecule has 4 nitrogen and oxygen atoms in total. The number of nitriles is 1. The summed E-state index contributed by atoms with van der Waals surface area (Å²) in [6.45, 7) is 0.131. The molecule has 1 aromatic heterocycles. The van der Waals surface area contributed by atoms with Gasteiger partial charge in [0.05, 0.1) is 17.9 Å². The first-order valence-electron chi connectivity index (χ1n) is 10.7. The number of carbonyl (C=O) groups is 1. The van der Waals surface area contributed by atoms with Crippen LogP contribution in [0.25, 0.3) is 33.2 Å². The SMILES string of the molecule is N#Cc1cccc(-c2cc(-c3ccc(C(=O)N4CCC(F)(F)CC4)cc3)cc3ccoc23)c1. The molecular weight excluding hydrogens is 422 g/mol. The van der Waals surface area contributed by atoms with Crippen molar-refractivity contribution >= 4 is 16.9 Å². The maximum absolute atomic E-state index is 13.4. The molecule has 1 aliphatic rings. The maximum atomic E-state index is 13.4. The average Bonchev–Trinajstić information content (AvgIpc) is 3.32. The molecule has 33 heavy (non-hydrogen) atoms. The molecule has 2 heterocycles. The molecule has 0 saturated carbocycles. The highest BCUT2D eigenvalue weighted by Crippen LogP contribution is 2.35. The van der Waals surface area contributed by atoms with Crippen molar-refractivity contribution in [1.29, 1.82) is 5.26 Å². The van der Waals surface area contributed by atoms with Crippen LogP contribution in [-0.4, -0.2) is 29.8 Å². The number of nitrogens with zero attached hydrogens (tertiary/aromatic N) is 2. The molecule has 1 aliphatic heterocycles. The summed E-state index contributed by atoms with van der Waals surface area (Å²) in [4.78, 5) is 14.2. The Bertz CT molecular complexity index is 1370. The van der Waals surface area contributed by atoms with Crippen LogP contribution in [0.3, 0.4) is 0 Å². The summed E-state index contributed by atoms with van der Waals surface area (Å²) >= 11 is 0. The lowest BCUT2D eigenvalue weighted by Crippen LogP contribution is -2.42. The average molecular weight is 442 g/mol. The van der Waals surface area contributed by atoms with E-state index in [2.05, 4.69) is 6.07 Å². The quantitative estimate of drug-likeness (QED) is 0.363. The van der Waals surface area contributed by atoms with Gasteiger partial charge in [-0.3, -0.25) is 4.79 Å². The van der Waals surface area contributed by atoms with Crippen LogP contribution in [0, 0.1) is 11.3 Å². The third-order valence-corrected chi connectivity index (χ3v) is 6.10. The van der Waals surface area contributed by atoms with Crippen LogP contribution >= 0.6 is 0 Å². The first-order chi connectivity index (χ1) is 15.9. The molecule has 0 atom stereocenters. The lowest BCUT2D eigenvalue weighted by Gasteiger charge is -2.31. The monoisotopic (exact) mass is 442 g/mol. The number of alkyl halides is 2. The number of furan rings is 1. The van der Waals surface area contributed by atoms with Crippen LogP contribution in [-0.2, 0) is 0 Å². The Morgan fingerprint density at radius 3 is 2.42 bits per heavy atom. The Morgan fingerprint density at radius 1 is 0.939 bits per heavy atom. The standard InChI is InChI=1S/C27H20F2N2O2/c28-27(29)9-11-31(12-10-27)26(32)20-6-4-19(5-7-20)23-15-22-8-13-33-25(22)24(16-23)21-3-1-2-18(14-21)17-30/h1-8,13-16H,9-12H2. The molecule has 0 bridgehead atoms. The number of rotatable bonds is 3. The largest absolute Gasteiger partial charge is 0.464 e. The predicted molar refractivity (Wildman–Crippen MR) is 122 cm³/mol. The topological polar surface area (TPSA) is 57.2 Å². The predicted octanol–water partition coefficient (Wildman–Crippen LogP) is 6.51. The molecule has 0 spiro atoms. The molecule has 5 rings (SSSR count). The maximum Gasteiger partial charge on any atom is 0.253 e. The molecule has 1 saturated heterocycles. The smallest absolute Gasteiger partial charge is 0.253 e. The highest BCUT2D eigenvalue weighted by atomic mass is 19.3. The second-order valence-electron chi connectivity index (χ2n) is 8.28. The van der Waals surface area contributed by atoms with Gasteiger partial charge in [0, 0.05) is 42.4 Å². The number of fused-ring (bicyclic) bond motifs is 1. The van der Waals surface area contributed by atoms with Crippen molar-refractivity contribution < 1.29 is 18.0 Å². The summed E-state index contributed by atoms with van der Waals surface area (Å²) in [7, 11) is 0. The van der Waals surface area contributed by atoms with Crippen molar-refractivity contribution in [3.05, 3.63) is 84.1 Å². The second kappa shape index (κ2) is 8.18. The first kappa shape index (κ1) is 20.9. The van der Waals surface area contributed by atoms with E-state index in [0.717, 1.165) is 33.2 Å². The highest BCUT2D eigenvalue weighted by molar-refractivity contribution is 5.98. The van der Waals surface area contributed by atoms with Gasteiger partial charge in [0.2, 0.25) is 0 Å². The van der Waals surface area contributed by atoms with Crippen molar-refractivity contribution in [3.63, 3.8) is 0 Å². The van der Waals surface area contributed by atoms with Gasteiger partial charge in [0.25, 0.3) is 11.8 Å². The van der Waals surface area contributed by atoms with Crippen molar-refractivity contribution in [2.24, 2.45) is 0 Å². The van der Waals surface area contributed by atoms with Gasteiger partial charge in [-0.05, 0) is 59.2 Å². The van der Waals surface area contributed by atoms with Crippen LogP contribution in [0.1, 0.15) is 28.8 Å². The fourth-order valence-electron chi connectivity index (χ4n) is 4.24. The van der Waals surface area contributed by atoms with E-state index in [1.54, 1.807) is 24.5 Å². The van der Waals surface area contributed by atoms with Crippen LogP contribution in [0.2, 0.25) is 0 Å². The lowest BCUT2D eigenvalue weighted by molar-refractivity contribution is -0.0494. The van der Waals surface area contributed by atoms with Crippen LogP contribution < -0.4 is 0 Å². The van der Waals surface area contributed by atoms with Crippen LogP contribution in [0.4, 0.5) is 8.78 Å². The second-order valence-corrected chi connectivity index (χ2v) is 8.28. The fourth-order valence-corrected chi connectivity index (χ4v) is 4.24. The van der Waals surface area contributed by atoms with Crippen molar-refractivity contribution in [3.8, 4) is 28.3 Å². The minimum Gasteiger partial charge on any atom is -0.464 e. The van der Waals surface area contributed by atoms with Crippen molar-refractivity contribution in [1.82, 2.24) is 4.90 Å². The Balaban J connectivity index is 1.46. The van der Waals surface area contributed by atoms with Gasteiger partial charge in [0.1, 0.15) is 5.58 Å². The first-order valence-corrected chi connectivity index (χ1v) is 10.7. The Morgan fingerprint density at radius 2 is 1.70 bits per heavy atom. The van der Waals surface area contributed by atoms with Gasteiger partial charge in [-0.2, -0.15) is 5.26 Å². The zero-order valence-corrected chi connectivity index (χ0v) is 17.7. The van der Waals surface area contributed by atoms with Gasteiger partial charge in [-0.25, -0.2) is 8.78 Å². The van der Waals surface area contributed by atoms with E-state index in [0.29, 0.717) is 11.1 Å². The summed E-state index contributed by atoms with van der Waals surface area (Å²) < 4.78 is 32.5. The number of hydrogen-bond donors (Lipinski definition) is 0. The molecular formula is C27H20F2N2O2. The van der Waals surface area contributed by atoms with E-state index in [9.17, 15) is 18.8 Å². The number of benzene rings is 3. The molecule has 4 aromatic rings. The molecule has 6 heteroatoms. The van der Waals surface area contributed by atoms with E-state index in [1.807, 2.05) is 48.5 Å². The van der Waals surface area contributed by atoms with Gasteiger partial charge in [-0.15, -0.1) is 0 Å². The Labute approximate surface area is 189 Å². The van der Waals surface area contributed by atoms with Crippen molar-refractivity contribution in [2.75, 3.05) is 13.1 Å². The van der Waals surface area contributed by atoms with Crippen LogP contribution in [0.15, 0.2) is 77.4 Å². The lowest BCUT2D eigenvalue weighted by atomic mass is 9.95. The van der Waals surface area contributed by atoms with Gasteiger partial charge in [-0.1, -0.05) is 24.3 Å². The zero-order chi connectivity index (χ0) is 23.0. The highest BCUT2D eigenvalue weighted by Gasteiger charge is 2.35. The molecule has 1 fully saturated rings. The molecule has 0 radical (unpaired) electrons. The number of likely N-dealkylation sites (tertiary alicyclic amines) is 1. The van der Waals surface area contributed by atoms with Gasteiger partial charge in [0.15, 0.2) is 0 Å². The molecule has 0 N–H and O–H groups in total. The van der Waals surface area contributed by atoms with Crippen LogP contribution in [0.5, 0.6) is 0 Å². The Hall–Kier alpha value is -3.98. The number of carbonyl (C=O) groups excluding carboxylic acids is 1. The number of amides is 1. The number of hydrogen-bond acceptors (Lipinski definition) is 3. The van der Waals surface area contributed by atoms with Crippen molar-refractivity contribution in [2.45, 2.75) is 18.8 Å². The van der Waals surface area contributed by atoms with E-state index in [1.165, 1.54) is 4.90 Å². The molecule has 3 aromatic carbocycles. The normalized spacial score (nSPS) is 15.4. The van der Waals surface area contributed by atoms with E-state index in [-0.39, 0.29) is 31.8 Å². The number of piperidine rings is 1. The van der Waals surface area contributed by atoms with E-state index in [4.69, 9.17) is 4.42 Å². The summed E-state index contributed by atoms with van der Waals surface area (Å²) in [5.41, 5.74) is 5.40. The molecule has 0 aliphatic carbocycles. The van der Waals surface area contributed by atoms with E-state index < -0.39 is 5.92 Å². The summed E-state index contributed by atoms with van der Waals surface area (Å²) in [5, 5.41) is 10.2. The molecule has 1 amide bonds. The number of halogens is 2. The summed E-state index contributed by atoms with van der Waals surface area (Å²) in [6.07, 6.45) is 1.05. The Kier molecular flexibility index (Phi) is 5.18. The van der Waals surface area contributed by atoms with Gasteiger partial charge >= 0.3 is 0 Å². The summed E-state index contributed by atoms with van der Waals surface area (Å²) in [5.74, 6) is -2.91. The molecule has 0 unspecified atom stereocenters. The third-order valence-electron chi connectivity index (χ3n) is 6.10. The minimum absolute atomic E-state index is 0.0653. The minimum atomic E-state index is -2.68. The molecule has 164 valence electrons.